The van der Waals surface area contributed by atoms with E-state index in [0.717, 1.165) is 0 Å². The summed E-state index contributed by atoms with van der Waals surface area (Å²) < 4.78 is 23.8. The van der Waals surface area contributed by atoms with Crippen LogP contribution in [0.5, 0.6) is 11.5 Å². The first-order valence-electron chi connectivity index (χ1n) is 7.26. The number of benzene rings is 2. The Morgan fingerprint density at radius 3 is 2.42 bits per heavy atom. The molecule has 6 nitrogen and oxygen atoms in total. The predicted molar refractivity (Wildman–Crippen MR) is 91.1 cm³/mol. The van der Waals surface area contributed by atoms with Crippen LogP contribution in [0.1, 0.15) is 15.9 Å². The van der Waals surface area contributed by atoms with Gasteiger partial charge in [0, 0.05) is 13.6 Å². The normalized spacial score (nSPS) is 10.2. The first-order chi connectivity index (χ1) is 11.5. The second kappa shape index (κ2) is 7.54. The maximum absolute atomic E-state index is 13.7. The summed E-state index contributed by atoms with van der Waals surface area (Å²) in [6, 6.07) is 7.78. The zero-order valence-electron chi connectivity index (χ0n) is 13.8. The third kappa shape index (κ3) is 3.51. The predicted octanol–water partition coefficient (Wildman–Crippen LogP) is 2.40. The fourth-order valence-electron chi connectivity index (χ4n) is 2.36. The Morgan fingerprint density at radius 2 is 1.83 bits per heavy atom. The van der Waals surface area contributed by atoms with Crippen LogP contribution in [0.2, 0.25) is 0 Å². The van der Waals surface area contributed by atoms with Crippen molar-refractivity contribution in [2.45, 2.75) is 6.54 Å². The minimum absolute atomic E-state index is 0.153. The molecule has 2 aromatic carbocycles. The minimum atomic E-state index is -0.485. The highest BCUT2D eigenvalue weighted by Crippen LogP contribution is 2.31. The van der Waals surface area contributed by atoms with Crippen molar-refractivity contribution in [3.8, 4) is 11.5 Å². The van der Waals surface area contributed by atoms with Gasteiger partial charge < -0.3 is 25.8 Å². The van der Waals surface area contributed by atoms with Crippen LogP contribution in [-0.2, 0) is 6.54 Å². The summed E-state index contributed by atoms with van der Waals surface area (Å²) >= 11 is 0. The van der Waals surface area contributed by atoms with E-state index in [9.17, 15) is 9.18 Å². The SMILES string of the molecule is CNc1c(N)ccc(OC)c1C(=O)NCc1ccc(OC)c(F)c1. The average molecular weight is 333 g/mol. The van der Waals surface area contributed by atoms with E-state index in [1.54, 1.807) is 25.2 Å². The monoisotopic (exact) mass is 333 g/mol. The summed E-state index contributed by atoms with van der Waals surface area (Å²) in [4.78, 5) is 12.5. The van der Waals surface area contributed by atoms with Gasteiger partial charge in [-0.15, -0.1) is 0 Å². The Hall–Kier alpha value is -2.96. The lowest BCUT2D eigenvalue weighted by atomic mass is 10.1. The molecule has 7 heteroatoms. The Bertz CT molecular complexity index is 750. The van der Waals surface area contributed by atoms with Gasteiger partial charge in [-0.1, -0.05) is 6.07 Å². The minimum Gasteiger partial charge on any atom is -0.496 e. The van der Waals surface area contributed by atoms with E-state index in [-0.39, 0.29) is 18.2 Å². The molecule has 0 bridgehead atoms. The lowest BCUT2D eigenvalue weighted by Crippen LogP contribution is -2.24. The van der Waals surface area contributed by atoms with E-state index in [2.05, 4.69) is 10.6 Å². The number of carbonyl (C=O) groups excluding carboxylic acids is 1. The largest absolute Gasteiger partial charge is 0.496 e. The topological polar surface area (TPSA) is 85.6 Å². The molecule has 0 saturated heterocycles. The summed E-state index contributed by atoms with van der Waals surface area (Å²) in [5.74, 6) is -0.312. The number of ether oxygens (including phenoxy) is 2. The number of halogens is 1. The standard InChI is InChI=1S/C17H20FN3O3/c1-20-16-12(19)5-7-14(24-3)15(16)17(22)21-9-10-4-6-13(23-2)11(18)8-10/h4-8,20H,9,19H2,1-3H3,(H,21,22). The highest BCUT2D eigenvalue weighted by Gasteiger charge is 2.19. The lowest BCUT2D eigenvalue weighted by molar-refractivity contribution is 0.0948. The van der Waals surface area contributed by atoms with Gasteiger partial charge in [0.2, 0.25) is 0 Å². The molecule has 2 rings (SSSR count). The number of carbonyl (C=O) groups is 1. The summed E-state index contributed by atoms with van der Waals surface area (Å²) in [6.07, 6.45) is 0. The second-order valence-electron chi connectivity index (χ2n) is 5.01. The molecule has 0 unspecified atom stereocenters. The fourth-order valence-corrected chi connectivity index (χ4v) is 2.36. The van der Waals surface area contributed by atoms with Crippen LogP contribution in [-0.4, -0.2) is 27.2 Å². The molecule has 0 aliphatic carbocycles. The number of nitrogens with one attached hydrogen (secondary N) is 2. The van der Waals surface area contributed by atoms with Crippen molar-refractivity contribution in [1.29, 1.82) is 0 Å². The van der Waals surface area contributed by atoms with Gasteiger partial charge in [-0.05, 0) is 29.8 Å². The van der Waals surface area contributed by atoms with E-state index < -0.39 is 5.82 Å². The molecule has 2 aromatic rings. The van der Waals surface area contributed by atoms with E-state index in [0.29, 0.717) is 28.3 Å². The first-order valence-corrected chi connectivity index (χ1v) is 7.26. The number of methoxy groups -OCH3 is 2. The maximum Gasteiger partial charge on any atom is 0.257 e. The van der Waals surface area contributed by atoms with Gasteiger partial charge in [0.1, 0.15) is 11.3 Å². The summed E-state index contributed by atoms with van der Waals surface area (Å²) in [5.41, 5.74) is 7.71. The van der Waals surface area contributed by atoms with Crippen molar-refractivity contribution in [3.05, 3.63) is 47.3 Å². The van der Waals surface area contributed by atoms with Crippen LogP contribution in [0.25, 0.3) is 0 Å². The van der Waals surface area contributed by atoms with Crippen molar-refractivity contribution in [2.75, 3.05) is 32.3 Å². The quantitative estimate of drug-likeness (QED) is 0.707. The highest BCUT2D eigenvalue weighted by molar-refractivity contribution is 6.04. The third-order valence-corrected chi connectivity index (χ3v) is 3.57. The number of hydrogen-bond donors (Lipinski definition) is 3. The highest BCUT2D eigenvalue weighted by atomic mass is 19.1. The van der Waals surface area contributed by atoms with Gasteiger partial charge in [0.05, 0.1) is 25.6 Å². The fraction of sp³-hybridized carbons (Fsp3) is 0.235. The molecule has 0 spiro atoms. The number of anilines is 2. The molecule has 128 valence electrons. The molecule has 0 fully saturated rings. The van der Waals surface area contributed by atoms with E-state index in [1.807, 2.05) is 0 Å². The molecule has 0 atom stereocenters. The molecular formula is C17H20FN3O3. The zero-order chi connectivity index (χ0) is 17.7. The van der Waals surface area contributed by atoms with Gasteiger partial charge >= 0.3 is 0 Å². The molecule has 24 heavy (non-hydrogen) atoms. The van der Waals surface area contributed by atoms with Crippen molar-refractivity contribution in [3.63, 3.8) is 0 Å². The Balaban J connectivity index is 2.21. The van der Waals surface area contributed by atoms with Crippen molar-refractivity contribution in [1.82, 2.24) is 5.32 Å². The van der Waals surface area contributed by atoms with E-state index in [1.165, 1.54) is 26.4 Å². The Kier molecular flexibility index (Phi) is 5.47. The van der Waals surface area contributed by atoms with Gasteiger partial charge in [0.25, 0.3) is 5.91 Å². The number of nitrogen functional groups attached to an aromatic ring is 1. The Morgan fingerprint density at radius 1 is 1.17 bits per heavy atom. The van der Waals surface area contributed by atoms with Gasteiger partial charge in [-0.2, -0.15) is 0 Å². The molecule has 0 aromatic heterocycles. The molecule has 0 aliphatic heterocycles. The van der Waals surface area contributed by atoms with Crippen molar-refractivity contribution < 1.29 is 18.7 Å². The lowest BCUT2D eigenvalue weighted by Gasteiger charge is -2.15. The zero-order valence-corrected chi connectivity index (χ0v) is 13.8. The molecular weight excluding hydrogens is 313 g/mol. The van der Waals surface area contributed by atoms with Crippen LogP contribution in [0.4, 0.5) is 15.8 Å². The van der Waals surface area contributed by atoms with Gasteiger partial charge in [0.15, 0.2) is 11.6 Å². The van der Waals surface area contributed by atoms with Crippen molar-refractivity contribution in [2.24, 2.45) is 0 Å². The summed E-state index contributed by atoms with van der Waals surface area (Å²) in [6.45, 7) is 0.154. The van der Waals surface area contributed by atoms with Crippen LogP contribution < -0.4 is 25.8 Å². The smallest absolute Gasteiger partial charge is 0.257 e. The molecule has 0 saturated carbocycles. The Labute approximate surface area is 139 Å². The molecule has 0 radical (unpaired) electrons. The molecule has 1 amide bonds. The second-order valence-corrected chi connectivity index (χ2v) is 5.01. The average Bonchev–Trinajstić information content (AvgIpc) is 2.59. The first kappa shape index (κ1) is 17.4. The van der Waals surface area contributed by atoms with Gasteiger partial charge in [-0.3, -0.25) is 4.79 Å². The summed E-state index contributed by atoms with van der Waals surface area (Å²) in [5, 5.41) is 5.63. The van der Waals surface area contributed by atoms with Crippen LogP contribution in [0.15, 0.2) is 30.3 Å². The van der Waals surface area contributed by atoms with Crippen LogP contribution >= 0.6 is 0 Å². The molecule has 0 aliphatic rings. The number of hydrogen-bond acceptors (Lipinski definition) is 5. The van der Waals surface area contributed by atoms with E-state index in [4.69, 9.17) is 15.2 Å². The molecule has 4 N–H and O–H groups in total. The third-order valence-electron chi connectivity index (χ3n) is 3.57. The number of amides is 1. The van der Waals surface area contributed by atoms with Crippen molar-refractivity contribution >= 4 is 17.3 Å². The van der Waals surface area contributed by atoms with E-state index >= 15 is 0 Å². The van der Waals surface area contributed by atoms with Crippen LogP contribution in [0.3, 0.4) is 0 Å². The van der Waals surface area contributed by atoms with Gasteiger partial charge in [-0.25, -0.2) is 4.39 Å². The maximum atomic E-state index is 13.7. The van der Waals surface area contributed by atoms with Crippen LogP contribution in [0, 0.1) is 5.82 Å². The molecule has 0 heterocycles. The summed E-state index contributed by atoms with van der Waals surface area (Å²) in [7, 11) is 4.53. The number of rotatable bonds is 6. The number of nitrogens with two attached hydrogens (primary N) is 1.